The predicted octanol–water partition coefficient (Wildman–Crippen LogP) is 3.79. The lowest BCUT2D eigenvalue weighted by atomic mass is 10.1. The van der Waals surface area contributed by atoms with Gasteiger partial charge in [0.15, 0.2) is 0 Å². The number of hydrogen-bond acceptors (Lipinski definition) is 3. The van der Waals surface area contributed by atoms with Crippen molar-refractivity contribution in [2.75, 3.05) is 6.61 Å². The van der Waals surface area contributed by atoms with Gasteiger partial charge in [-0.15, -0.1) is 0 Å². The summed E-state index contributed by atoms with van der Waals surface area (Å²) in [6.07, 6.45) is 2.22. The van der Waals surface area contributed by atoms with E-state index in [0.717, 1.165) is 12.8 Å². The van der Waals surface area contributed by atoms with Gasteiger partial charge in [-0.25, -0.2) is 0 Å². The molecule has 0 aliphatic carbocycles. The summed E-state index contributed by atoms with van der Waals surface area (Å²) in [5.41, 5.74) is 1.24. The van der Waals surface area contributed by atoms with E-state index in [-0.39, 0.29) is 0 Å². The van der Waals surface area contributed by atoms with Gasteiger partial charge in [0, 0.05) is 5.25 Å². The van der Waals surface area contributed by atoms with Gasteiger partial charge in [-0.1, -0.05) is 37.3 Å². The van der Waals surface area contributed by atoms with Gasteiger partial charge in [-0.05, 0) is 32.5 Å². The van der Waals surface area contributed by atoms with Crippen LogP contribution in [0.15, 0.2) is 12.2 Å². The Morgan fingerprint density at radius 1 is 1.54 bits per heavy atom. The van der Waals surface area contributed by atoms with Gasteiger partial charge >= 0.3 is 0 Å². The average molecular weight is 218 g/mol. The highest BCUT2D eigenvalue weighted by Crippen LogP contribution is 2.22. The van der Waals surface area contributed by atoms with Gasteiger partial charge in [0.25, 0.3) is 0 Å². The fourth-order valence-electron chi connectivity index (χ4n) is 0.904. The fraction of sp³-hybridized carbons (Fsp3) is 0.700. The molecule has 76 valence electrons. The van der Waals surface area contributed by atoms with Crippen LogP contribution in [-0.2, 0) is 4.74 Å². The first kappa shape index (κ1) is 13.0. The third kappa shape index (κ3) is 6.11. The van der Waals surface area contributed by atoms with E-state index in [1.54, 1.807) is 11.8 Å². The van der Waals surface area contributed by atoms with Crippen LogP contribution < -0.4 is 0 Å². The van der Waals surface area contributed by atoms with Crippen LogP contribution in [-0.4, -0.2) is 16.2 Å². The van der Waals surface area contributed by atoms with Crippen LogP contribution in [0.2, 0.25) is 0 Å². The fourth-order valence-corrected chi connectivity index (χ4v) is 2.21. The van der Waals surface area contributed by atoms with Crippen molar-refractivity contribution in [3.8, 4) is 0 Å². The Labute approximate surface area is 90.9 Å². The Bertz CT molecular complexity index is 178. The van der Waals surface area contributed by atoms with E-state index in [2.05, 4.69) is 20.4 Å². The van der Waals surface area contributed by atoms with Crippen LogP contribution >= 0.6 is 24.0 Å². The first-order valence-corrected chi connectivity index (χ1v) is 5.91. The molecule has 0 fully saturated rings. The third-order valence-corrected chi connectivity index (χ3v) is 3.08. The molecule has 0 aliphatic heterocycles. The maximum atomic E-state index is 5.19. The lowest BCUT2D eigenvalue weighted by molar-refractivity contribution is 0.346. The first-order valence-electron chi connectivity index (χ1n) is 4.62. The van der Waals surface area contributed by atoms with Gasteiger partial charge in [0.1, 0.15) is 0 Å². The van der Waals surface area contributed by atoms with Crippen molar-refractivity contribution < 1.29 is 4.74 Å². The largest absolute Gasteiger partial charge is 0.479 e. The highest BCUT2D eigenvalue weighted by atomic mass is 32.2. The molecule has 1 unspecified atom stereocenters. The van der Waals surface area contributed by atoms with Gasteiger partial charge in [-0.2, -0.15) is 0 Å². The predicted molar refractivity (Wildman–Crippen MR) is 65.3 cm³/mol. The quantitative estimate of drug-likeness (QED) is 0.513. The van der Waals surface area contributed by atoms with Crippen molar-refractivity contribution in [1.29, 1.82) is 0 Å². The molecule has 0 radical (unpaired) electrons. The minimum Gasteiger partial charge on any atom is -0.479 e. The number of thiocarbonyl (C=S) groups is 1. The summed E-state index contributed by atoms with van der Waals surface area (Å²) < 4.78 is 5.83. The zero-order valence-corrected chi connectivity index (χ0v) is 10.3. The van der Waals surface area contributed by atoms with E-state index in [9.17, 15) is 0 Å². The molecule has 0 N–H and O–H groups in total. The van der Waals surface area contributed by atoms with E-state index in [4.69, 9.17) is 17.0 Å². The topological polar surface area (TPSA) is 9.23 Å². The lowest BCUT2D eigenvalue weighted by Gasteiger charge is -2.13. The van der Waals surface area contributed by atoms with Crippen molar-refractivity contribution >= 4 is 28.4 Å². The summed E-state index contributed by atoms with van der Waals surface area (Å²) >= 11 is 6.61. The molecule has 0 aromatic heterocycles. The van der Waals surface area contributed by atoms with Gasteiger partial charge in [0.05, 0.1) is 6.61 Å². The molecular formula is C10H18OS2. The van der Waals surface area contributed by atoms with E-state index in [1.807, 2.05) is 6.92 Å². The molecule has 0 rings (SSSR count). The molecule has 0 amide bonds. The maximum absolute atomic E-state index is 5.19. The highest BCUT2D eigenvalue weighted by molar-refractivity contribution is 8.23. The molecule has 0 saturated carbocycles. The van der Waals surface area contributed by atoms with Crippen LogP contribution in [0.3, 0.4) is 0 Å². The Morgan fingerprint density at radius 2 is 2.15 bits per heavy atom. The molecule has 0 bridgehead atoms. The second-order valence-electron chi connectivity index (χ2n) is 2.85. The molecule has 0 heterocycles. The van der Waals surface area contributed by atoms with Gasteiger partial charge in [0.2, 0.25) is 4.38 Å². The smallest absolute Gasteiger partial charge is 0.220 e. The number of thioether (sulfide) groups is 1. The van der Waals surface area contributed by atoms with E-state index in [0.29, 0.717) is 16.2 Å². The normalized spacial score (nSPS) is 12.2. The van der Waals surface area contributed by atoms with Crippen LogP contribution in [0.1, 0.15) is 33.6 Å². The van der Waals surface area contributed by atoms with Crippen molar-refractivity contribution in [3.63, 3.8) is 0 Å². The molecule has 1 atom stereocenters. The van der Waals surface area contributed by atoms with Gasteiger partial charge < -0.3 is 4.74 Å². The SMILES string of the molecule is C=C(CCC)C(C)SC(=S)OCC. The van der Waals surface area contributed by atoms with Crippen molar-refractivity contribution in [3.05, 3.63) is 12.2 Å². The van der Waals surface area contributed by atoms with E-state index >= 15 is 0 Å². The molecule has 0 aliphatic rings. The average Bonchev–Trinajstić information content (AvgIpc) is 2.05. The van der Waals surface area contributed by atoms with E-state index in [1.165, 1.54) is 5.57 Å². The summed E-state index contributed by atoms with van der Waals surface area (Å²) in [5, 5.41) is 0.374. The Morgan fingerprint density at radius 3 is 2.62 bits per heavy atom. The van der Waals surface area contributed by atoms with Crippen LogP contribution in [0, 0.1) is 0 Å². The van der Waals surface area contributed by atoms with E-state index < -0.39 is 0 Å². The summed E-state index contributed by atoms with van der Waals surface area (Å²) in [4.78, 5) is 0. The molecule has 3 heteroatoms. The second-order valence-corrected chi connectivity index (χ2v) is 4.79. The monoisotopic (exact) mass is 218 g/mol. The zero-order valence-electron chi connectivity index (χ0n) is 8.63. The Balaban J connectivity index is 3.78. The molecule has 0 aromatic rings. The molecule has 0 saturated heterocycles. The van der Waals surface area contributed by atoms with Crippen molar-refractivity contribution in [2.45, 2.75) is 38.9 Å². The molecule has 0 spiro atoms. The summed E-state index contributed by atoms with van der Waals surface area (Å²) in [5.74, 6) is 0. The number of hydrogen-bond donors (Lipinski definition) is 0. The molecular weight excluding hydrogens is 200 g/mol. The highest BCUT2D eigenvalue weighted by Gasteiger charge is 2.09. The minimum absolute atomic E-state index is 0.374. The van der Waals surface area contributed by atoms with Crippen LogP contribution in [0.4, 0.5) is 0 Å². The second kappa shape index (κ2) is 7.39. The first-order chi connectivity index (χ1) is 6.11. The lowest BCUT2D eigenvalue weighted by Crippen LogP contribution is -2.06. The van der Waals surface area contributed by atoms with Gasteiger partial charge in [-0.3, -0.25) is 0 Å². The number of ether oxygens (including phenoxy) is 1. The van der Waals surface area contributed by atoms with Crippen molar-refractivity contribution in [1.82, 2.24) is 0 Å². The van der Waals surface area contributed by atoms with Crippen LogP contribution in [0.25, 0.3) is 0 Å². The van der Waals surface area contributed by atoms with Crippen molar-refractivity contribution in [2.24, 2.45) is 0 Å². The molecule has 0 aromatic carbocycles. The summed E-state index contributed by atoms with van der Waals surface area (Å²) in [6.45, 7) is 10.9. The maximum Gasteiger partial charge on any atom is 0.220 e. The Kier molecular flexibility index (Phi) is 7.38. The minimum atomic E-state index is 0.374. The Hall–Kier alpha value is -0.0200. The third-order valence-electron chi connectivity index (χ3n) is 1.68. The summed E-state index contributed by atoms with van der Waals surface area (Å²) in [7, 11) is 0. The standard InChI is InChI=1S/C10H18OS2/c1-5-7-8(3)9(4)13-10(12)11-6-2/h9H,3,5-7H2,1-2,4H3. The molecule has 1 nitrogen and oxygen atoms in total. The zero-order chi connectivity index (χ0) is 10.3. The summed E-state index contributed by atoms with van der Waals surface area (Å²) in [6, 6.07) is 0. The molecule has 13 heavy (non-hydrogen) atoms. The van der Waals surface area contributed by atoms with Crippen LogP contribution in [0.5, 0.6) is 0 Å². The number of rotatable bonds is 5.